The Morgan fingerprint density at radius 2 is 1.95 bits per heavy atom. The van der Waals surface area contributed by atoms with Crippen LogP contribution in [0.3, 0.4) is 0 Å². The number of amides is 1. The van der Waals surface area contributed by atoms with E-state index in [1.165, 1.54) is 17.6 Å². The van der Waals surface area contributed by atoms with E-state index in [1.54, 1.807) is 24.3 Å². The summed E-state index contributed by atoms with van der Waals surface area (Å²) in [5.41, 5.74) is 1.50. The molecule has 2 rings (SSSR count). The normalized spacial score (nSPS) is 11.3. The van der Waals surface area contributed by atoms with Crippen LogP contribution >= 0.6 is 33.9 Å². The third-order valence-electron chi connectivity index (χ3n) is 2.63. The molecule has 1 amide bonds. The molecule has 0 aliphatic heterocycles. The van der Waals surface area contributed by atoms with Crippen LogP contribution in [0.2, 0.25) is 0 Å². The van der Waals surface area contributed by atoms with Crippen molar-refractivity contribution in [3.8, 4) is 0 Å². The van der Waals surface area contributed by atoms with E-state index in [4.69, 9.17) is 0 Å². The lowest BCUT2D eigenvalue weighted by atomic mass is 10.2. The fourth-order valence-electron chi connectivity index (χ4n) is 1.57. The van der Waals surface area contributed by atoms with Gasteiger partial charge in [-0.1, -0.05) is 12.1 Å². The Labute approximate surface area is 135 Å². The van der Waals surface area contributed by atoms with E-state index >= 15 is 0 Å². The number of benzene rings is 1. The van der Waals surface area contributed by atoms with Crippen molar-refractivity contribution >= 4 is 49.7 Å². The third-order valence-corrected chi connectivity index (χ3v) is 5.55. The van der Waals surface area contributed by atoms with Crippen molar-refractivity contribution in [2.75, 3.05) is 6.26 Å². The zero-order valence-electron chi connectivity index (χ0n) is 10.6. The van der Waals surface area contributed by atoms with Crippen molar-refractivity contribution in [1.82, 2.24) is 5.32 Å². The van der Waals surface area contributed by atoms with Crippen LogP contribution in [0.25, 0.3) is 0 Å². The predicted octanol–water partition coefficient (Wildman–Crippen LogP) is 2.69. The Bertz CT molecular complexity index is 720. The largest absolute Gasteiger partial charge is 0.348 e. The molecule has 0 fully saturated rings. The summed E-state index contributed by atoms with van der Waals surface area (Å²) in [5.74, 6) is -0.128. The molecule has 0 atom stereocenters. The average Bonchev–Trinajstić information content (AvgIpc) is 2.82. The molecule has 1 N–H and O–H groups in total. The van der Waals surface area contributed by atoms with Gasteiger partial charge in [-0.05, 0) is 46.4 Å². The number of rotatable bonds is 4. The van der Waals surface area contributed by atoms with E-state index in [2.05, 4.69) is 27.9 Å². The average molecular weight is 421 g/mol. The van der Waals surface area contributed by atoms with Crippen LogP contribution in [0.1, 0.15) is 15.9 Å². The highest BCUT2D eigenvalue weighted by molar-refractivity contribution is 14.1. The van der Waals surface area contributed by atoms with Gasteiger partial charge >= 0.3 is 0 Å². The number of halogens is 1. The van der Waals surface area contributed by atoms with Crippen molar-refractivity contribution in [1.29, 1.82) is 0 Å². The number of thiophene rings is 1. The second kappa shape index (κ2) is 6.23. The zero-order valence-corrected chi connectivity index (χ0v) is 14.4. The number of sulfone groups is 1. The lowest BCUT2D eigenvalue weighted by molar-refractivity contribution is 0.0951. The first-order valence-electron chi connectivity index (χ1n) is 5.67. The van der Waals surface area contributed by atoms with Crippen molar-refractivity contribution in [2.45, 2.75) is 11.4 Å². The smallest absolute Gasteiger partial charge is 0.252 e. The second-order valence-corrected chi connectivity index (χ2v) is 9.06. The van der Waals surface area contributed by atoms with Crippen LogP contribution < -0.4 is 5.32 Å². The molecule has 1 heterocycles. The minimum absolute atomic E-state index is 0.128. The molecule has 0 bridgehead atoms. The molecule has 2 aromatic rings. The van der Waals surface area contributed by atoms with Gasteiger partial charge in [0, 0.05) is 18.2 Å². The molecule has 1 aromatic heterocycles. The summed E-state index contributed by atoms with van der Waals surface area (Å²) in [6, 6.07) is 8.32. The standard InChI is InChI=1S/C13H12INO3S2/c1-20(17,18)11-4-2-9(3-5-11)7-15-13(16)10-6-12(14)19-8-10/h2-6,8H,7H2,1H3,(H,15,16). The monoisotopic (exact) mass is 421 g/mol. The third kappa shape index (κ3) is 4.03. The first-order valence-corrected chi connectivity index (χ1v) is 9.52. The van der Waals surface area contributed by atoms with Gasteiger partial charge in [0.25, 0.3) is 5.91 Å². The van der Waals surface area contributed by atoms with Crippen LogP contribution in [-0.4, -0.2) is 20.6 Å². The van der Waals surface area contributed by atoms with Crippen molar-refractivity contribution in [2.24, 2.45) is 0 Å². The maximum atomic E-state index is 11.9. The van der Waals surface area contributed by atoms with Gasteiger partial charge in [0.05, 0.1) is 13.3 Å². The quantitative estimate of drug-likeness (QED) is 0.773. The van der Waals surface area contributed by atoms with E-state index in [0.29, 0.717) is 12.1 Å². The molecular weight excluding hydrogens is 409 g/mol. The first kappa shape index (κ1) is 15.5. The highest BCUT2D eigenvalue weighted by Gasteiger charge is 2.09. The number of hydrogen-bond donors (Lipinski definition) is 1. The highest BCUT2D eigenvalue weighted by Crippen LogP contribution is 2.16. The highest BCUT2D eigenvalue weighted by atomic mass is 127. The van der Waals surface area contributed by atoms with Crippen LogP contribution in [0.15, 0.2) is 40.6 Å². The van der Waals surface area contributed by atoms with Crippen LogP contribution in [-0.2, 0) is 16.4 Å². The molecule has 0 unspecified atom stereocenters. The van der Waals surface area contributed by atoms with Gasteiger partial charge in [-0.15, -0.1) is 11.3 Å². The van der Waals surface area contributed by atoms with Crippen LogP contribution in [0, 0.1) is 2.88 Å². The minimum atomic E-state index is -3.18. The summed E-state index contributed by atoms with van der Waals surface area (Å²) >= 11 is 3.68. The van der Waals surface area contributed by atoms with Crippen molar-refractivity contribution in [3.05, 3.63) is 49.7 Å². The number of carbonyl (C=O) groups excluding carboxylic acids is 1. The fourth-order valence-corrected chi connectivity index (χ4v) is 3.53. The second-order valence-electron chi connectivity index (χ2n) is 4.24. The van der Waals surface area contributed by atoms with Gasteiger partial charge in [-0.2, -0.15) is 0 Å². The van der Waals surface area contributed by atoms with Gasteiger partial charge in [-0.3, -0.25) is 4.79 Å². The summed E-state index contributed by atoms with van der Waals surface area (Å²) in [5, 5.41) is 4.61. The molecule has 7 heteroatoms. The van der Waals surface area contributed by atoms with Crippen molar-refractivity contribution < 1.29 is 13.2 Å². The van der Waals surface area contributed by atoms with Gasteiger partial charge < -0.3 is 5.32 Å². The minimum Gasteiger partial charge on any atom is -0.348 e. The van der Waals surface area contributed by atoms with Gasteiger partial charge in [0.1, 0.15) is 0 Å². The van der Waals surface area contributed by atoms with Crippen LogP contribution in [0.5, 0.6) is 0 Å². The van der Waals surface area contributed by atoms with E-state index in [-0.39, 0.29) is 10.8 Å². The first-order chi connectivity index (χ1) is 9.36. The molecule has 4 nitrogen and oxygen atoms in total. The summed E-state index contributed by atoms with van der Waals surface area (Å²) < 4.78 is 23.7. The Kier molecular flexibility index (Phi) is 4.82. The molecule has 0 aliphatic rings. The summed E-state index contributed by atoms with van der Waals surface area (Å²) in [6.07, 6.45) is 1.17. The topological polar surface area (TPSA) is 63.2 Å². The molecule has 1 aromatic carbocycles. The van der Waals surface area contributed by atoms with Gasteiger partial charge in [0.15, 0.2) is 9.84 Å². The Balaban J connectivity index is 1.99. The van der Waals surface area contributed by atoms with Crippen LogP contribution in [0.4, 0.5) is 0 Å². The van der Waals surface area contributed by atoms with E-state index in [9.17, 15) is 13.2 Å². The Morgan fingerprint density at radius 3 is 2.45 bits per heavy atom. The van der Waals surface area contributed by atoms with E-state index < -0.39 is 9.84 Å². The number of nitrogens with one attached hydrogen (secondary N) is 1. The fraction of sp³-hybridized carbons (Fsp3) is 0.154. The Hall–Kier alpha value is -0.930. The molecule has 0 aliphatic carbocycles. The maximum absolute atomic E-state index is 11.9. The number of carbonyl (C=O) groups is 1. The van der Waals surface area contributed by atoms with E-state index in [1.807, 2.05) is 11.4 Å². The molecule has 0 spiro atoms. The maximum Gasteiger partial charge on any atom is 0.252 e. The SMILES string of the molecule is CS(=O)(=O)c1ccc(CNC(=O)c2csc(I)c2)cc1. The lowest BCUT2D eigenvalue weighted by Crippen LogP contribution is -2.22. The molecule has 0 saturated heterocycles. The van der Waals surface area contributed by atoms with E-state index in [0.717, 1.165) is 8.45 Å². The van der Waals surface area contributed by atoms with Gasteiger partial charge in [-0.25, -0.2) is 8.42 Å². The molecule has 0 radical (unpaired) electrons. The van der Waals surface area contributed by atoms with Crippen molar-refractivity contribution in [3.63, 3.8) is 0 Å². The Morgan fingerprint density at radius 1 is 1.30 bits per heavy atom. The lowest BCUT2D eigenvalue weighted by Gasteiger charge is -2.05. The molecular formula is C13H12INO3S2. The summed E-state index contributed by atoms with van der Waals surface area (Å²) in [7, 11) is -3.18. The number of hydrogen-bond acceptors (Lipinski definition) is 4. The molecule has 0 saturated carbocycles. The van der Waals surface area contributed by atoms with Gasteiger partial charge in [0.2, 0.25) is 0 Å². The zero-order chi connectivity index (χ0) is 14.8. The summed E-state index contributed by atoms with van der Waals surface area (Å²) in [4.78, 5) is 12.1. The molecule has 20 heavy (non-hydrogen) atoms. The summed E-state index contributed by atoms with van der Waals surface area (Å²) in [6.45, 7) is 0.370. The predicted molar refractivity (Wildman–Crippen MR) is 87.8 cm³/mol. The molecule has 106 valence electrons.